The average Bonchev–Trinajstić information content (AvgIpc) is 2.79. The molecule has 3 rings (SSSR count). The van der Waals surface area contributed by atoms with Crippen molar-refractivity contribution in [3.05, 3.63) is 16.0 Å². The van der Waals surface area contributed by atoms with E-state index >= 15 is 0 Å². The van der Waals surface area contributed by atoms with Gasteiger partial charge in [-0.3, -0.25) is 4.90 Å². The molecule has 0 radical (unpaired) electrons. The largest absolute Gasteiger partial charge is 0.390 e. The number of hydrogen-bond donors (Lipinski definition) is 1. The number of rotatable bonds is 1. The Labute approximate surface area is 122 Å². The van der Waals surface area contributed by atoms with Gasteiger partial charge in [0.15, 0.2) is 9.84 Å². The van der Waals surface area contributed by atoms with Crippen LogP contribution in [0.4, 0.5) is 5.00 Å². The zero-order valence-electron chi connectivity index (χ0n) is 11.0. The highest BCUT2D eigenvalue weighted by molar-refractivity contribution is 7.99. The summed E-state index contributed by atoms with van der Waals surface area (Å²) in [6.45, 7) is 2.21. The van der Waals surface area contributed by atoms with Gasteiger partial charge >= 0.3 is 0 Å². The predicted octanol–water partition coefficient (Wildman–Crippen LogP) is 1.87. The molecule has 106 valence electrons. The third-order valence-electron chi connectivity index (χ3n) is 3.98. The second-order valence-corrected chi connectivity index (χ2v) is 9.76. The minimum atomic E-state index is -2.91. The van der Waals surface area contributed by atoms with Gasteiger partial charge in [-0.1, -0.05) is 0 Å². The van der Waals surface area contributed by atoms with Crippen molar-refractivity contribution in [2.45, 2.75) is 30.5 Å². The first-order valence-corrected chi connectivity index (χ1v) is 10.0. The number of nitrogens with zero attached hydrogens (tertiary/aromatic N) is 1. The first-order chi connectivity index (χ1) is 8.89. The van der Waals surface area contributed by atoms with E-state index in [0.717, 1.165) is 15.6 Å². The fourth-order valence-corrected chi connectivity index (χ4v) is 7.33. The molecule has 4 nitrogen and oxygen atoms in total. The molecule has 7 heteroatoms. The summed E-state index contributed by atoms with van der Waals surface area (Å²) in [6.07, 6.45) is 0.625. The monoisotopic (exact) mass is 318 g/mol. The van der Waals surface area contributed by atoms with E-state index in [9.17, 15) is 8.42 Å². The Balaban J connectivity index is 2.02. The smallest absolute Gasteiger partial charge is 0.155 e. The van der Waals surface area contributed by atoms with Gasteiger partial charge in [0, 0.05) is 22.2 Å². The summed E-state index contributed by atoms with van der Waals surface area (Å²) < 4.78 is 23.4. The Morgan fingerprint density at radius 1 is 1.42 bits per heavy atom. The molecule has 0 amide bonds. The minimum absolute atomic E-state index is 0.174. The maximum Gasteiger partial charge on any atom is 0.155 e. The second-order valence-electron chi connectivity index (χ2n) is 5.32. The van der Waals surface area contributed by atoms with Crippen molar-refractivity contribution >= 4 is 37.9 Å². The van der Waals surface area contributed by atoms with Gasteiger partial charge in [0.05, 0.1) is 21.9 Å². The number of thioether (sulfide) groups is 1. The molecule has 2 N–H and O–H groups in total. The van der Waals surface area contributed by atoms with E-state index < -0.39 is 9.84 Å². The lowest BCUT2D eigenvalue weighted by molar-refractivity contribution is 0.282. The van der Waals surface area contributed by atoms with Gasteiger partial charge < -0.3 is 5.73 Å². The summed E-state index contributed by atoms with van der Waals surface area (Å²) in [5.74, 6) is 1.54. The molecule has 0 saturated carbocycles. The highest BCUT2D eigenvalue weighted by Gasteiger charge is 2.36. The molecule has 2 aliphatic heterocycles. The lowest BCUT2D eigenvalue weighted by atomic mass is 10.1. The van der Waals surface area contributed by atoms with E-state index in [1.165, 1.54) is 22.5 Å². The molecule has 0 bridgehead atoms. The van der Waals surface area contributed by atoms with Crippen LogP contribution in [0.1, 0.15) is 28.3 Å². The van der Waals surface area contributed by atoms with Gasteiger partial charge in [0.2, 0.25) is 0 Å². The van der Waals surface area contributed by atoms with Crippen LogP contribution in [0.5, 0.6) is 0 Å². The van der Waals surface area contributed by atoms with E-state index in [-0.39, 0.29) is 16.9 Å². The number of fused-ring (bicyclic) bond motifs is 1. The van der Waals surface area contributed by atoms with Crippen LogP contribution < -0.4 is 5.73 Å². The molecule has 2 aliphatic rings. The number of thiophene rings is 1. The SMILES string of the molecule is CC1CSC(c2c(N)sc3c2CCS(=O)(=O)C3)N1C. The van der Waals surface area contributed by atoms with Gasteiger partial charge in [0.1, 0.15) is 0 Å². The molecule has 1 fully saturated rings. The first-order valence-electron chi connectivity index (χ1n) is 6.33. The van der Waals surface area contributed by atoms with E-state index in [1.54, 1.807) is 0 Å². The van der Waals surface area contributed by atoms with Crippen LogP contribution in [0.2, 0.25) is 0 Å². The highest BCUT2D eigenvalue weighted by Crippen LogP contribution is 2.48. The van der Waals surface area contributed by atoms with E-state index in [4.69, 9.17) is 5.73 Å². The van der Waals surface area contributed by atoms with Crippen molar-refractivity contribution in [2.75, 3.05) is 24.3 Å². The molecular formula is C12H18N2O2S3. The molecule has 0 aromatic carbocycles. The Kier molecular flexibility index (Phi) is 3.36. The summed E-state index contributed by atoms with van der Waals surface area (Å²) in [4.78, 5) is 3.30. The Bertz CT molecular complexity index is 609. The van der Waals surface area contributed by atoms with Crippen molar-refractivity contribution in [3.63, 3.8) is 0 Å². The van der Waals surface area contributed by atoms with Crippen molar-refractivity contribution in [1.29, 1.82) is 0 Å². The van der Waals surface area contributed by atoms with Gasteiger partial charge in [-0.15, -0.1) is 23.1 Å². The van der Waals surface area contributed by atoms with Gasteiger partial charge in [-0.05, 0) is 26.0 Å². The van der Waals surface area contributed by atoms with Gasteiger partial charge in [0.25, 0.3) is 0 Å². The van der Waals surface area contributed by atoms with E-state index in [0.29, 0.717) is 12.5 Å². The van der Waals surface area contributed by atoms with Crippen LogP contribution in [0.25, 0.3) is 0 Å². The highest BCUT2D eigenvalue weighted by atomic mass is 32.2. The quantitative estimate of drug-likeness (QED) is 0.856. The summed E-state index contributed by atoms with van der Waals surface area (Å²) in [5, 5.41) is 1.09. The zero-order chi connectivity index (χ0) is 13.8. The molecule has 1 saturated heterocycles. The number of sulfone groups is 1. The number of hydrogen-bond acceptors (Lipinski definition) is 6. The fraction of sp³-hybridized carbons (Fsp3) is 0.667. The summed E-state index contributed by atoms with van der Waals surface area (Å²) in [7, 11) is -0.790. The van der Waals surface area contributed by atoms with Gasteiger partial charge in [-0.2, -0.15) is 0 Å². The van der Waals surface area contributed by atoms with E-state index in [1.807, 2.05) is 11.8 Å². The van der Waals surface area contributed by atoms with Crippen LogP contribution >= 0.6 is 23.1 Å². The Morgan fingerprint density at radius 3 is 2.79 bits per heavy atom. The lowest BCUT2D eigenvalue weighted by Gasteiger charge is -2.24. The Hall–Kier alpha value is -0.240. The molecule has 0 aliphatic carbocycles. The maximum absolute atomic E-state index is 11.7. The van der Waals surface area contributed by atoms with Crippen LogP contribution in [0.3, 0.4) is 0 Å². The van der Waals surface area contributed by atoms with Crippen LogP contribution in [-0.4, -0.2) is 37.9 Å². The van der Waals surface area contributed by atoms with Crippen molar-refractivity contribution in [1.82, 2.24) is 4.90 Å². The molecule has 2 atom stereocenters. The first kappa shape index (κ1) is 13.7. The standard InChI is InChI=1S/C12H18N2O2S3/c1-7-5-17-12(14(7)2)10-8-3-4-19(15,16)6-9(8)18-11(10)13/h7,12H,3-6,13H2,1-2H3. The average molecular weight is 318 g/mol. The molecular weight excluding hydrogens is 300 g/mol. The lowest BCUT2D eigenvalue weighted by Crippen LogP contribution is -2.27. The summed E-state index contributed by atoms with van der Waals surface area (Å²) >= 11 is 3.37. The summed E-state index contributed by atoms with van der Waals surface area (Å²) in [6, 6.07) is 0.539. The van der Waals surface area contributed by atoms with Crippen molar-refractivity contribution in [3.8, 4) is 0 Å². The maximum atomic E-state index is 11.7. The van der Waals surface area contributed by atoms with Crippen LogP contribution in [0, 0.1) is 0 Å². The molecule has 19 heavy (non-hydrogen) atoms. The van der Waals surface area contributed by atoms with Crippen LogP contribution in [0.15, 0.2) is 0 Å². The third kappa shape index (κ3) is 2.30. The number of nitrogens with two attached hydrogens (primary N) is 1. The molecule has 2 unspecified atom stereocenters. The number of nitrogen functional groups attached to an aromatic ring is 1. The summed E-state index contributed by atoms with van der Waals surface area (Å²) in [5.41, 5.74) is 8.57. The molecule has 0 spiro atoms. The van der Waals surface area contributed by atoms with Crippen LogP contribution in [-0.2, 0) is 22.0 Å². The Morgan fingerprint density at radius 2 is 2.16 bits per heavy atom. The molecule has 1 aromatic rings. The van der Waals surface area contributed by atoms with Crippen molar-refractivity contribution < 1.29 is 8.42 Å². The van der Waals surface area contributed by atoms with E-state index in [2.05, 4.69) is 18.9 Å². The second kappa shape index (κ2) is 4.65. The fourth-order valence-electron chi connectivity index (χ4n) is 2.72. The number of anilines is 1. The normalized spacial score (nSPS) is 30.4. The molecule has 3 heterocycles. The third-order valence-corrected chi connectivity index (χ3v) is 8.35. The minimum Gasteiger partial charge on any atom is -0.390 e. The van der Waals surface area contributed by atoms with Gasteiger partial charge in [-0.25, -0.2) is 8.42 Å². The molecule has 1 aromatic heterocycles. The topological polar surface area (TPSA) is 63.4 Å². The zero-order valence-corrected chi connectivity index (χ0v) is 13.5. The predicted molar refractivity (Wildman–Crippen MR) is 82.4 cm³/mol. The van der Waals surface area contributed by atoms with Crippen molar-refractivity contribution in [2.24, 2.45) is 0 Å².